The van der Waals surface area contributed by atoms with Crippen molar-refractivity contribution in [3.8, 4) is 0 Å². The first kappa shape index (κ1) is 22.8. The van der Waals surface area contributed by atoms with E-state index < -0.39 is 11.9 Å². The Morgan fingerprint density at radius 1 is 1.14 bits per heavy atom. The van der Waals surface area contributed by atoms with Gasteiger partial charge in [0.2, 0.25) is 5.91 Å². The lowest BCUT2D eigenvalue weighted by atomic mass is 10.0. The summed E-state index contributed by atoms with van der Waals surface area (Å²) >= 11 is 9.23. The summed E-state index contributed by atoms with van der Waals surface area (Å²) in [5.41, 5.74) is 2.58. The number of anilines is 1. The molecule has 0 heterocycles. The zero-order valence-electron chi connectivity index (χ0n) is 15.1. The third kappa shape index (κ3) is 6.52. The Kier molecular flexibility index (Phi) is 8.38. The highest BCUT2D eigenvalue weighted by molar-refractivity contribution is 14.1. The maximum absolute atomic E-state index is 12.1. The fourth-order valence-electron chi connectivity index (χ4n) is 2.33. The van der Waals surface area contributed by atoms with Crippen molar-refractivity contribution in [1.82, 2.24) is 5.32 Å². The van der Waals surface area contributed by atoms with E-state index >= 15 is 0 Å². The zero-order chi connectivity index (χ0) is 20.8. The molecular formula is C20H18I2N2O3S. The van der Waals surface area contributed by atoms with E-state index in [0.717, 1.165) is 9.13 Å². The molecule has 0 bridgehead atoms. The number of halogens is 2. The molecule has 0 radical (unpaired) electrons. The molecule has 8 heteroatoms. The first-order chi connectivity index (χ1) is 13.2. The fourth-order valence-corrected chi connectivity index (χ4v) is 4.51. The van der Waals surface area contributed by atoms with Crippen LogP contribution in [0.15, 0.2) is 42.5 Å². The molecule has 0 spiro atoms. The van der Waals surface area contributed by atoms with Gasteiger partial charge in [0.25, 0.3) is 0 Å². The minimum absolute atomic E-state index is 0.0337. The standard InChI is InChI=1S/C20H18I2N2O3S/c1-11(2)13-6-3-12(4-7-13)5-8-17(25)23-20(28)24-18-15(19(26)27)9-14(21)10-16(18)22/h3-11H,1-2H3,(H,26,27)(H2,23,24,25,28). The van der Waals surface area contributed by atoms with Crippen LogP contribution in [0.5, 0.6) is 0 Å². The molecular weight excluding hydrogens is 602 g/mol. The molecule has 0 saturated carbocycles. The Morgan fingerprint density at radius 2 is 1.79 bits per heavy atom. The second-order valence-electron chi connectivity index (χ2n) is 6.21. The summed E-state index contributed by atoms with van der Waals surface area (Å²) in [7, 11) is 0. The number of aromatic carboxylic acids is 1. The van der Waals surface area contributed by atoms with Gasteiger partial charge in [0.15, 0.2) is 5.11 Å². The SMILES string of the molecule is CC(C)c1ccc(C=CC(=O)NC(=S)Nc2c(I)cc(I)cc2C(=O)O)cc1. The predicted molar refractivity (Wildman–Crippen MR) is 133 cm³/mol. The molecule has 28 heavy (non-hydrogen) atoms. The van der Waals surface area contributed by atoms with E-state index in [4.69, 9.17) is 12.2 Å². The Hall–Kier alpha value is -1.53. The zero-order valence-corrected chi connectivity index (χ0v) is 20.3. The Morgan fingerprint density at radius 3 is 2.36 bits per heavy atom. The van der Waals surface area contributed by atoms with Crippen molar-refractivity contribution in [2.45, 2.75) is 19.8 Å². The third-order valence-electron chi connectivity index (χ3n) is 3.79. The number of amides is 1. The maximum atomic E-state index is 12.1. The highest BCUT2D eigenvalue weighted by Gasteiger charge is 2.16. The van der Waals surface area contributed by atoms with E-state index in [0.29, 0.717) is 15.2 Å². The second kappa shape index (κ2) is 10.3. The minimum atomic E-state index is -1.07. The second-order valence-corrected chi connectivity index (χ2v) is 9.03. The van der Waals surface area contributed by atoms with Crippen LogP contribution >= 0.6 is 57.4 Å². The largest absolute Gasteiger partial charge is 0.478 e. The van der Waals surface area contributed by atoms with Crippen molar-refractivity contribution in [3.05, 3.63) is 66.3 Å². The number of carboxylic acids is 1. The van der Waals surface area contributed by atoms with Crippen molar-refractivity contribution in [3.63, 3.8) is 0 Å². The number of carbonyl (C=O) groups is 2. The molecule has 146 valence electrons. The van der Waals surface area contributed by atoms with Crippen LogP contribution in [0.2, 0.25) is 0 Å². The molecule has 5 nitrogen and oxygen atoms in total. The summed E-state index contributed by atoms with van der Waals surface area (Å²) in [4.78, 5) is 23.6. The molecule has 0 saturated heterocycles. The molecule has 0 unspecified atom stereocenters. The Bertz CT molecular complexity index is 941. The molecule has 0 aliphatic heterocycles. The monoisotopic (exact) mass is 620 g/mol. The first-order valence-electron chi connectivity index (χ1n) is 8.29. The van der Waals surface area contributed by atoms with Crippen LogP contribution in [0, 0.1) is 7.14 Å². The molecule has 0 aromatic heterocycles. The van der Waals surface area contributed by atoms with Gasteiger partial charge in [0, 0.05) is 13.2 Å². The number of rotatable bonds is 5. The average Bonchev–Trinajstić information content (AvgIpc) is 2.62. The Labute approximate surface area is 196 Å². The summed E-state index contributed by atoms with van der Waals surface area (Å²) in [6, 6.07) is 11.3. The summed E-state index contributed by atoms with van der Waals surface area (Å²) in [6.45, 7) is 4.24. The van der Waals surface area contributed by atoms with Crippen LogP contribution in [0.25, 0.3) is 6.08 Å². The quantitative estimate of drug-likeness (QED) is 0.242. The van der Waals surface area contributed by atoms with E-state index in [2.05, 4.69) is 24.5 Å². The number of nitrogens with one attached hydrogen (secondary N) is 2. The number of hydrogen-bond acceptors (Lipinski definition) is 3. The van der Waals surface area contributed by atoms with Crippen LogP contribution in [0.1, 0.15) is 41.3 Å². The summed E-state index contributed by atoms with van der Waals surface area (Å²) in [5.74, 6) is -1.02. The molecule has 0 aliphatic carbocycles. The lowest BCUT2D eigenvalue weighted by Gasteiger charge is -2.13. The van der Waals surface area contributed by atoms with Crippen molar-refractivity contribution in [2.75, 3.05) is 5.32 Å². The number of carboxylic acid groups (broad SMARTS) is 1. The summed E-state index contributed by atoms with van der Waals surface area (Å²) < 4.78 is 1.49. The topological polar surface area (TPSA) is 78.4 Å². The van der Waals surface area contributed by atoms with E-state index in [9.17, 15) is 14.7 Å². The van der Waals surface area contributed by atoms with Gasteiger partial charge in [-0.15, -0.1) is 0 Å². The number of benzene rings is 2. The summed E-state index contributed by atoms with van der Waals surface area (Å²) in [6.07, 6.45) is 3.08. The molecule has 2 aromatic rings. The van der Waals surface area contributed by atoms with Gasteiger partial charge in [0.05, 0.1) is 11.3 Å². The van der Waals surface area contributed by atoms with Crippen molar-refractivity contribution in [2.24, 2.45) is 0 Å². The smallest absolute Gasteiger partial charge is 0.337 e. The first-order valence-corrected chi connectivity index (χ1v) is 10.9. The van der Waals surface area contributed by atoms with Gasteiger partial charge in [-0.25, -0.2) is 4.79 Å². The lowest BCUT2D eigenvalue weighted by Crippen LogP contribution is -2.33. The molecule has 0 aliphatic rings. The minimum Gasteiger partial charge on any atom is -0.478 e. The predicted octanol–water partition coefficient (Wildman–Crippen LogP) is 5.24. The van der Waals surface area contributed by atoms with Crippen LogP contribution in [-0.2, 0) is 4.79 Å². The van der Waals surface area contributed by atoms with E-state index in [1.54, 1.807) is 12.1 Å². The molecule has 1 amide bonds. The highest BCUT2D eigenvalue weighted by Crippen LogP contribution is 2.26. The van der Waals surface area contributed by atoms with Gasteiger partial charge in [-0.2, -0.15) is 0 Å². The molecule has 2 rings (SSSR count). The van der Waals surface area contributed by atoms with Gasteiger partial charge in [0.1, 0.15) is 0 Å². The fraction of sp³-hybridized carbons (Fsp3) is 0.150. The number of hydrogen-bond donors (Lipinski definition) is 3. The third-order valence-corrected chi connectivity index (χ3v) is 5.47. The molecule has 0 fully saturated rings. The number of carbonyl (C=O) groups excluding carboxylic acids is 1. The van der Waals surface area contributed by atoms with E-state index in [1.165, 1.54) is 11.6 Å². The van der Waals surface area contributed by atoms with Crippen LogP contribution in [0.3, 0.4) is 0 Å². The van der Waals surface area contributed by atoms with Crippen LogP contribution in [-0.4, -0.2) is 22.1 Å². The van der Waals surface area contributed by atoms with Crippen molar-refractivity contribution < 1.29 is 14.7 Å². The summed E-state index contributed by atoms with van der Waals surface area (Å²) in [5, 5.41) is 14.8. The van der Waals surface area contributed by atoms with E-state index in [-0.39, 0.29) is 10.7 Å². The highest BCUT2D eigenvalue weighted by atomic mass is 127. The average molecular weight is 620 g/mol. The molecule has 2 aromatic carbocycles. The number of thiocarbonyl (C=S) groups is 1. The normalized spacial score (nSPS) is 10.9. The Balaban J connectivity index is 2.03. The lowest BCUT2D eigenvalue weighted by molar-refractivity contribution is -0.115. The van der Waals surface area contributed by atoms with Gasteiger partial charge < -0.3 is 10.4 Å². The van der Waals surface area contributed by atoms with Crippen LogP contribution in [0.4, 0.5) is 5.69 Å². The maximum Gasteiger partial charge on any atom is 0.337 e. The molecule has 0 atom stereocenters. The van der Waals surface area contributed by atoms with Gasteiger partial charge in [-0.3, -0.25) is 10.1 Å². The van der Waals surface area contributed by atoms with Crippen molar-refractivity contribution in [1.29, 1.82) is 0 Å². The van der Waals surface area contributed by atoms with Crippen LogP contribution < -0.4 is 10.6 Å². The molecule has 3 N–H and O–H groups in total. The van der Waals surface area contributed by atoms with E-state index in [1.807, 2.05) is 75.5 Å². The van der Waals surface area contributed by atoms with Gasteiger partial charge >= 0.3 is 5.97 Å². The van der Waals surface area contributed by atoms with Crippen molar-refractivity contribution >= 4 is 86.2 Å². The van der Waals surface area contributed by atoms with Gasteiger partial charge in [-0.05, 0) is 92.7 Å². The van der Waals surface area contributed by atoms with Gasteiger partial charge in [-0.1, -0.05) is 38.1 Å².